The van der Waals surface area contributed by atoms with Gasteiger partial charge in [0.25, 0.3) is 5.69 Å². The molecule has 2 rings (SSSR count). The lowest BCUT2D eigenvalue weighted by Gasteiger charge is -2.35. The molecule has 120 valence electrons. The molecule has 1 fully saturated rings. The van der Waals surface area contributed by atoms with Crippen molar-refractivity contribution in [2.45, 2.75) is 31.5 Å². The number of nitro benzene ring substituents is 1. The smallest absolute Gasteiger partial charge is 0.368 e. The molecule has 1 saturated heterocycles. The summed E-state index contributed by atoms with van der Waals surface area (Å²) in [6.07, 6.45) is -2.83. The van der Waals surface area contributed by atoms with Gasteiger partial charge in [0.2, 0.25) is 5.91 Å². The first-order valence-corrected chi connectivity index (χ1v) is 6.63. The fourth-order valence-electron chi connectivity index (χ4n) is 2.60. The number of nitro groups is 1. The average Bonchev–Trinajstić information content (AvgIpc) is 2.45. The second-order valence-corrected chi connectivity index (χ2v) is 5.07. The number of hydrogen-bond acceptors (Lipinski definition) is 4. The molecule has 0 spiro atoms. The molecule has 0 unspecified atom stereocenters. The van der Waals surface area contributed by atoms with E-state index in [0.717, 1.165) is 18.6 Å². The Morgan fingerprint density at radius 3 is 2.59 bits per heavy atom. The van der Waals surface area contributed by atoms with Crippen molar-refractivity contribution in [3.8, 4) is 0 Å². The molecule has 1 heterocycles. The predicted molar refractivity (Wildman–Crippen MR) is 72.3 cm³/mol. The van der Waals surface area contributed by atoms with E-state index in [2.05, 4.69) is 0 Å². The Balaban J connectivity index is 2.49. The Labute approximate surface area is 123 Å². The monoisotopic (exact) mass is 317 g/mol. The molecule has 1 atom stereocenters. The van der Waals surface area contributed by atoms with E-state index in [-0.39, 0.29) is 5.69 Å². The third-order valence-electron chi connectivity index (χ3n) is 3.64. The molecule has 0 bridgehead atoms. The molecule has 0 aliphatic carbocycles. The molecule has 1 aliphatic rings. The zero-order chi connectivity index (χ0) is 16.5. The Bertz CT molecular complexity index is 604. The van der Waals surface area contributed by atoms with E-state index in [1.807, 2.05) is 0 Å². The predicted octanol–water partition coefficient (Wildman–Crippen LogP) is 2.46. The van der Waals surface area contributed by atoms with Crippen molar-refractivity contribution >= 4 is 17.3 Å². The molecular weight excluding hydrogens is 303 g/mol. The summed E-state index contributed by atoms with van der Waals surface area (Å²) < 4.78 is 38.1. The standard InChI is InChI=1S/C13H14F3N3O3/c14-13(15,16)8-4-5-9(11(7-8)19(21)22)18-6-2-1-3-10(18)12(17)20/h4-5,7,10H,1-3,6H2,(H2,17,20)/t10-/m0/s1. The number of amides is 1. The van der Waals surface area contributed by atoms with Gasteiger partial charge >= 0.3 is 6.18 Å². The van der Waals surface area contributed by atoms with Crippen LogP contribution in [-0.2, 0) is 11.0 Å². The van der Waals surface area contributed by atoms with E-state index in [9.17, 15) is 28.1 Å². The third kappa shape index (κ3) is 3.12. The lowest BCUT2D eigenvalue weighted by atomic mass is 9.99. The van der Waals surface area contributed by atoms with Gasteiger partial charge in [0.1, 0.15) is 11.7 Å². The molecule has 1 amide bonds. The van der Waals surface area contributed by atoms with E-state index in [0.29, 0.717) is 25.5 Å². The van der Waals surface area contributed by atoms with E-state index < -0.39 is 34.3 Å². The third-order valence-corrected chi connectivity index (χ3v) is 3.64. The molecular formula is C13H14F3N3O3. The molecule has 9 heteroatoms. The van der Waals surface area contributed by atoms with E-state index in [1.165, 1.54) is 4.90 Å². The molecule has 1 aliphatic heterocycles. The van der Waals surface area contributed by atoms with Gasteiger partial charge in [-0.15, -0.1) is 0 Å². The van der Waals surface area contributed by atoms with Crippen LogP contribution in [0.15, 0.2) is 18.2 Å². The molecule has 0 saturated carbocycles. The number of hydrogen-bond donors (Lipinski definition) is 1. The minimum atomic E-state index is -4.67. The number of carbonyl (C=O) groups is 1. The lowest BCUT2D eigenvalue weighted by Crippen LogP contribution is -2.48. The molecule has 2 N–H and O–H groups in total. The molecule has 1 aromatic rings. The first-order chi connectivity index (χ1) is 10.2. The Morgan fingerprint density at radius 2 is 2.05 bits per heavy atom. The number of carbonyl (C=O) groups excluding carboxylic acids is 1. The van der Waals surface area contributed by atoms with Gasteiger partial charge in [-0.05, 0) is 31.4 Å². The first kappa shape index (κ1) is 16.1. The van der Waals surface area contributed by atoms with Gasteiger partial charge in [-0.2, -0.15) is 13.2 Å². The highest BCUT2D eigenvalue weighted by atomic mass is 19.4. The zero-order valence-corrected chi connectivity index (χ0v) is 11.5. The van der Waals surface area contributed by atoms with Crippen LogP contribution in [0.5, 0.6) is 0 Å². The highest BCUT2D eigenvalue weighted by molar-refractivity contribution is 5.85. The van der Waals surface area contributed by atoms with Crippen LogP contribution < -0.4 is 10.6 Å². The number of nitrogens with zero attached hydrogens (tertiary/aromatic N) is 2. The van der Waals surface area contributed by atoms with Gasteiger partial charge in [0.05, 0.1) is 10.5 Å². The van der Waals surface area contributed by atoms with Crippen molar-refractivity contribution in [1.82, 2.24) is 0 Å². The van der Waals surface area contributed by atoms with Gasteiger partial charge in [-0.25, -0.2) is 0 Å². The van der Waals surface area contributed by atoms with Crippen LogP contribution >= 0.6 is 0 Å². The van der Waals surface area contributed by atoms with Gasteiger partial charge in [0.15, 0.2) is 0 Å². The lowest BCUT2D eigenvalue weighted by molar-refractivity contribution is -0.384. The number of piperidine rings is 1. The molecule has 0 aromatic heterocycles. The summed E-state index contributed by atoms with van der Waals surface area (Å²) in [7, 11) is 0. The second kappa shape index (κ2) is 5.82. The molecule has 1 aromatic carbocycles. The first-order valence-electron chi connectivity index (χ1n) is 6.63. The van der Waals surface area contributed by atoms with Crippen LogP contribution in [0.2, 0.25) is 0 Å². The highest BCUT2D eigenvalue weighted by Gasteiger charge is 2.36. The minimum Gasteiger partial charge on any atom is -0.368 e. The Morgan fingerprint density at radius 1 is 1.36 bits per heavy atom. The number of rotatable bonds is 3. The summed E-state index contributed by atoms with van der Waals surface area (Å²) in [6.45, 7) is 0.333. The van der Waals surface area contributed by atoms with Crippen molar-refractivity contribution in [2.24, 2.45) is 5.73 Å². The number of primary amides is 1. The van der Waals surface area contributed by atoms with Crippen molar-refractivity contribution in [3.63, 3.8) is 0 Å². The van der Waals surface area contributed by atoms with Crippen LogP contribution in [-0.4, -0.2) is 23.4 Å². The fourth-order valence-corrected chi connectivity index (χ4v) is 2.60. The number of halogens is 3. The number of nitrogens with two attached hydrogens (primary N) is 1. The summed E-state index contributed by atoms with van der Waals surface area (Å²) in [4.78, 5) is 23.1. The van der Waals surface area contributed by atoms with Crippen LogP contribution in [0.25, 0.3) is 0 Å². The topological polar surface area (TPSA) is 89.5 Å². The molecule has 0 radical (unpaired) electrons. The largest absolute Gasteiger partial charge is 0.416 e. The van der Waals surface area contributed by atoms with Crippen molar-refractivity contribution in [3.05, 3.63) is 33.9 Å². The highest BCUT2D eigenvalue weighted by Crippen LogP contribution is 2.38. The summed E-state index contributed by atoms with van der Waals surface area (Å²) in [5, 5.41) is 11.1. The van der Waals surface area contributed by atoms with Gasteiger partial charge in [-0.1, -0.05) is 0 Å². The van der Waals surface area contributed by atoms with E-state index in [1.54, 1.807) is 0 Å². The van der Waals surface area contributed by atoms with Crippen LogP contribution in [0.4, 0.5) is 24.5 Å². The van der Waals surface area contributed by atoms with Crippen LogP contribution in [0.1, 0.15) is 24.8 Å². The van der Waals surface area contributed by atoms with Crippen molar-refractivity contribution in [1.29, 1.82) is 0 Å². The number of benzene rings is 1. The van der Waals surface area contributed by atoms with Crippen LogP contribution in [0, 0.1) is 10.1 Å². The van der Waals surface area contributed by atoms with E-state index in [4.69, 9.17) is 5.73 Å². The fraction of sp³-hybridized carbons (Fsp3) is 0.462. The normalized spacial score (nSPS) is 19.0. The van der Waals surface area contributed by atoms with Gasteiger partial charge < -0.3 is 10.6 Å². The van der Waals surface area contributed by atoms with E-state index >= 15 is 0 Å². The van der Waals surface area contributed by atoms with Crippen molar-refractivity contribution in [2.75, 3.05) is 11.4 Å². The van der Waals surface area contributed by atoms with Gasteiger partial charge in [-0.3, -0.25) is 14.9 Å². The SMILES string of the molecule is NC(=O)[C@@H]1CCCCN1c1ccc(C(F)(F)F)cc1[N+](=O)[O-]. The Kier molecular flexibility index (Phi) is 4.25. The zero-order valence-electron chi connectivity index (χ0n) is 11.5. The maximum Gasteiger partial charge on any atom is 0.416 e. The number of alkyl halides is 3. The molecule has 22 heavy (non-hydrogen) atoms. The van der Waals surface area contributed by atoms with Crippen LogP contribution in [0.3, 0.4) is 0 Å². The Hall–Kier alpha value is -2.32. The quantitative estimate of drug-likeness (QED) is 0.685. The maximum atomic E-state index is 12.7. The van der Waals surface area contributed by atoms with Gasteiger partial charge in [0, 0.05) is 12.6 Å². The summed E-state index contributed by atoms with van der Waals surface area (Å²) in [6, 6.07) is 1.54. The summed E-state index contributed by atoms with van der Waals surface area (Å²) in [5.41, 5.74) is 3.50. The maximum absolute atomic E-state index is 12.7. The average molecular weight is 317 g/mol. The molecule has 6 nitrogen and oxygen atoms in total. The number of anilines is 1. The van der Waals surface area contributed by atoms with Crippen molar-refractivity contribution < 1.29 is 22.9 Å². The summed E-state index contributed by atoms with van der Waals surface area (Å²) in [5.74, 6) is -0.645. The second-order valence-electron chi connectivity index (χ2n) is 5.07. The summed E-state index contributed by atoms with van der Waals surface area (Å²) >= 11 is 0. The minimum absolute atomic E-state index is 0.0125.